The Balaban J connectivity index is 1.77. The monoisotopic (exact) mass is 256 g/mol. The van der Waals surface area contributed by atoms with Gasteiger partial charge in [-0.2, -0.15) is 0 Å². The van der Waals surface area contributed by atoms with Gasteiger partial charge < -0.3 is 15.5 Å². The first-order valence-corrected chi connectivity index (χ1v) is 6.34. The van der Waals surface area contributed by atoms with Gasteiger partial charge in [0.15, 0.2) is 0 Å². The van der Waals surface area contributed by atoms with E-state index in [0.29, 0.717) is 5.56 Å². The van der Waals surface area contributed by atoms with Crippen molar-refractivity contribution in [1.82, 2.24) is 5.32 Å². The van der Waals surface area contributed by atoms with E-state index >= 15 is 0 Å². The molecule has 0 radical (unpaired) electrons. The summed E-state index contributed by atoms with van der Waals surface area (Å²) in [6.07, 6.45) is 3.82. The third kappa shape index (κ3) is 2.04. The fourth-order valence-corrected chi connectivity index (χ4v) is 2.61. The number of nitrogens with two attached hydrogens (primary N) is 1. The number of fused-ring (bicyclic) bond motifs is 1. The fraction of sp³-hybridized carbons (Fsp3) is 0.267. The molecule has 19 heavy (non-hydrogen) atoms. The molecule has 98 valence electrons. The molecule has 2 aromatic rings. The maximum absolute atomic E-state index is 12.2. The first-order valence-electron chi connectivity index (χ1n) is 6.34. The minimum absolute atomic E-state index is 0.0563. The average Bonchev–Trinajstić information content (AvgIpc) is 2.95. The second kappa shape index (κ2) is 4.55. The van der Waals surface area contributed by atoms with Crippen LogP contribution in [0.15, 0.2) is 41.2 Å². The van der Waals surface area contributed by atoms with Crippen molar-refractivity contribution in [3.63, 3.8) is 0 Å². The largest absolute Gasteiger partial charge is 0.471 e. The number of carbonyl (C=O) groups is 1. The van der Waals surface area contributed by atoms with Crippen LogP contribution in [0.2, 0.25) is 0 Å². The highest BCUT2D eigenvalue weighted by molar-refractivity contribution is 5.95. The van der Waals surface area contributed by atoms with Crippen molar-refractivity contribution in [1.29, 1.82) is 0 Å². The van der Waals surface area contributed by atoms with Crippen LogP contribution in [-0.4, -0.2) is 11.9 Å². The molecule has 0 unspecified atom stereocenters. The van der Waals surface area contributed by atoms with Crippen LogP contribution in [0, 0.1) is 6.92 Å². The van der Waals surface area contributed by atoms with Gasteiger partial charge in [0.25, 0.3) is 5.91 Å². The molecule has 3 N–H and O–H groups in total. The lowest BCUT2D eigenvalue weighted by Gasteiger charge is -2.17. The van der Waals surface area contributed by atoms with E-state index in [2.05, 4.69) is 11.4 Å². The molecule has 0 spiro atoms. The quantitative estimate of drug-likeness (QED) is 0.862. The molecule has 0 fully saturated rings. The number of rotatable bonds is 2. The minimum Gasteiger partial charge on any atom is -0.471 e. The summed E-state index contributed by atoms with van der Waals surface area (Å²) in [6.45, 7) is 1.85. The van der Waals surface area contributed by atoms with E-state index in [9.17, 15) is 4.79 Å². The number of furan rings is 1. The SMILES string of the molecule is Cc1cocc1C(=O)N[C@@H]1Cc2ccccc2[C@H]1N. The topological polar surface area (TPSA) is 68.3 Å². The number of hydrogen-bond acceptors (Lipinski definition) is 3. The lowest BCUT2D eigenvalue weighted by molar-refractivity contribution is 0.0932. The highest BCUT2D eigenvalue weighted by Crippen LogP contribution is 2.29. The van der Waals surface area contributed by atoms with Crippen molar-refractivity contribution >= 4 is 5.91 Å². The molecule has 0 aliphatic heterocycles. The molecule has 0 saturated carbocycles. The van der Waals surface area contributed by atoms with E-state index in [1.165, 1.54) is 11.8 Å². The molecular formula is C15H16N2O2. The van der Waals surface area contributed by atoms with Crippen LogP contribution in [0.4, 0.5) is 0 Å². The Morgan fingerprint density at radius 1 is 1.37 bits per heavy atom. The van der Waals surface area contributed by atoms with Crippen molar-refractivity contribution in [3.05, 3.63) is 59.0 Å². The summed E-state index contributed by atoms with van der Waals surface area (Å²) in [4.78, 5) is 12.2. The van der Waals surface area contributed by atoms with Gasteiger partial charge in [-0.1, -0.05) is 24.3 Å². The van der Waals surface area contributed by atoms with Gasteiger partial charge in [0.1, 0.15) is 6.26 Å². The molecule has 1 heterocycles. The summed E-state index contributed by atoms with van der Waals surface area (Å²) in [5.41, 5.74) is 9.93. The molecule has 2 atom stereocenters. The summed E-state index contributed by atoms with van der Waals surface area (Å²) in [5, 5.41) is 2.99. The van der Waals surface area contributed by atoms with E-state index in [1.54, 1.807) is 6.26 Å². The molecule has 3 rings (SSSR count). The van der Waals surface area contributed by atoms with Gasteiger partial charge in [-0.3, -0.25) is 4.79 Å². The smallest absolute Gasteiger partial charge is 0.255 e. The first kappa shape index (κ1) is 12.0. The summed E-state index contributed by atoms with van der Waals surface area (Å²) in [6, 6.07) is 7.85. The van der Waals surface area contributed by atoms with Crippen molar-refractivity contribution in [2.75, 3.05) is 0 Å². The number of carbonyl (C=O) groups excluding carboxylic acids is 1. The minimum atomic E-state index is -0.146. The maximum atomic E-state index is 12.2. The maximum Gasteiger partial charge on any atom is 0.255 e. The number of benzene rings is 1. The molecule has 0 bridgehead atoms. The van der Waals surface area contributed by atoms with Gasteiger partial charge in [-0.05, 0) is 30.0 Å². The Kier molecular flexibility index (Phi) is 2.87. The Hall–Kier alpha value is -2.07. The van der Waals surface area contributed by atoms with Crippen LogP contribution in [0.5, 0.6) is 0 Å². The normalized spacial score (nSPS) is 21.2. The third-order valence-corrected chi connectivity index (χ3v) is 3.70. The highest BCUT2D eigenvalue weighted by atomic mass is 16.3. The van der Waals surface area contributed by atoms with Crippen LogP contribution >= 0.6 is 0 Å². The zero-order valence-electron chi connectivity index (χ0n) is 10.7. The third-order valence-electron chi connectivity index (χ3n) is 3.70. The summed E-state index contributed by atoms with van der Waals surface area (Å²) in [7, 11) is 0. The van der Waals surface area contributed by atoms with E-state index in [4.69, 9.17) is 10.2 Å². The highest BCUT2D eigenvalue weighted by Gasteiger charge is 2.30. The zero-order valence-corrected chi connectivity index (χ0v) is 10.7. The molecular weight excluding hydrogens is 240 g/mol. The Labute approximate surface area is 111 Å². The zero-order chi connectivity index (χ0) is 13.4. The van der Waals surface area contributed by atoms with Gasteiger partial charge in [0.2, 0.25) is 0 Å². The molecule has 1 aromatic heterocycles. The van der Waals surface area contributed by atoms with Crippen molar-refractivity contribution in [2.24, 2.45) is 5.73 Å². The van der Waals surface area contributed by atoms with E-state index in [1.807, 2.05) is 25.1 Å². The second-order valence-electron chi connectivity index (χ2n) is 4.98. The molecule has 1 amide bonds. The van der Waals surface area contributed by atoms with Gasteiger partial charge in [-0.25, -0.2) is 0 Å². The van der Waals surface area contributed by atoms with Crippen LogP contribution in [0.1, 0.15) is 33.1 Å². The van der Waals surface area contributed by atoms with E-state index < -0.39 is 0 Å². The number of nitrogens with one attached hydrogen (secondary N) is 1. The predicted molar refractivity (Wildman–Crippen MR) is 71.8 cm³/mol. The van der Waals surface area contributed by atoms with Crippen molar-refractivity contribution < 1.29 is 9.21 Å². The van der Waals surface area contributed by atoms with Crippen LogP contribution in [-0.2, 0) is 6.42 Å². The van der Waals surface area contributed by atoms with Crippen LogP contribution in [0.25, 0.3) is 0 Å². The van der Waals surface area contributed by atoms with Crippen LogP contribution in [0.3, 0.4) is 0 Å². The van der Waals surface area contributed by atoms with Crippen molar-refractivity contribution in [3.8, 4) is 0 Å². The average molecular weight is 256 g/mol. The molecule has 1 aromatic carbocycles. The molecule has 1 aliphatic carbocycles. The molecule has 4 heteroatoms. The Morgan fingerprint density at radius 3 is 2.84 bits per heavy atom. The molecule has 4 nitrogen and oxygen atoms in total. The molecule has 0 saturated heterocycles. The second-order valence-corrected chi connectivity index (χ2v) is 4.98. The summed E-state index contributed by atoms with van der Waals surface area (Å²) < 4.78 is 5.03. The molecule has 1 aliphatic rings. The summed E-state index contributed by atoms with van der Waals surface area (Å²) in [5.74, 6) is -0.125. The van der Waals surface area contributed by atoms with E-state index in [0.717, 1.165) is 17.5 Å². The summed E-state index contributed by atoms with van der Waals surface area (Å²) >= 11 is 0. The van der Waals surface area contributed by atoms with Gasteiger partial charge in [-0.15, -0.1) is 0 Å². The lowest BCUT2D eigenvalue weighted by atomic mass is 10.1. The Bertz CT molecular complexity index is 618. The first-order chi connectivity index (χ1) is 9.16. The number of hydrogen-bond donors (Lipinski definition) is 2. The van der Waals surface area contributed by atoms with Gasteiger partial charge in [0.05, 0.1) is 23.9 Å². The van der Waals surface area contributed by atoms with Crippen LogP contribution < -0.4 is 11.1 Å². The predicted octanol–water partition coefficient (Wildman–Crippen LogP) is 1.94. The Morgan fingerprint density at radius 2 is 2.16 bits per heavy atom. The van der Waals surface area contributed by atoms with Gasteiger partial charge >= 0.3 is 0 Å². The number of amides is 1. The standard InChI is InChI=1S/C15H16N2O2/c1-9-7-19-8-12(9)15(18)17-13-6-10-4-2-3-5-11(10)14(13)16/h2-5,7-8,13-14H,6,16H2,1H3,(H,17,18)/t13-,14-/m1/s1. The number of aryl methyl sites for hydroxylation is 1. The lowest BCUT2D eigenvalue weighted by Crippen LogP contribution is -2.40. The van der Waals surface area contributed by atoms with E-state index in [-0.39, 0.29) is 18.0 Å². The fourth-order valence-electron chi connectivity index (χ4n) is 2.61. The van der Waals surface area contributed by atoms with Crippen molar-refractivity contribution in [2.45, 2.75) is 25.4 Å². The van der Waals surface area contributed by atoms with Gasteiger partial charge in [0, 0.05) is 0 Å².